The van der Waals surface area contributed by atoms with Gasteiger partial charge in [-0.2, -0.15) is 0 Å². The Morgan fingerprint density at radius 3 is 2.45 bits per heavy atom. The van der Waals surface area contributed by atoms with E-state index in [-0.39, 0.29) is 17.9 Å². The zero-order chi connectivity index (χ0) is 21.2. The van der Waals surface area contributed by atoms with Crippen LogP contribution >= 0.6 is 0 Å². The van der Waals surface area contributed by atoms with Crippen LogP contribution in [0, 0.1) is 0 Å². The molecule has 158 valence electrons. The van der Waals surface area contributed by atoms with E-state index in [0.29, 0.717) is 32.5 Å². The predicted octanol–water partition coefficient (Wildman–Crippen LogP) is 2.69. The molecular weight excluding hydrogens is 390 g/mol. The van der Waals surface area contributed by atoms with Crippen molar-refractivity contribution in [3.63, 3.8) is 0 Å². The first-order valence-electron chi connectivity index (χ1n) is 10.8. The van der Waals surface area contributed by atoms with Crippen molar-refractivity contribution in [2.24, 2.45) is 0 Å². The molecule has 0 saturated carbocycles. The highest BCUT2D eigenvalue weighted by molar-refractivity contribution is 5.80. The van der Waals surface area contributed by atoms with Crippen LogP contribution in [0.1, 0.15) is 30.1 Å². The van der Waals surface area contributed by atoms with Crippen LogP contribution in [-0.2, 0) is 22.6 Å². The fourth-order valence-electron chi connectivity index (χ4n) is 4.19. The average Bonchev–Trinajstić information content (AvgIpc) is 3.38. The van der Waals surface area contributed by atoms with E-state index in [1.54, 1.807) is 0 Å². The summed E-state index contributed by atoms with van der Waals surface area (Å²) in [6, 6.07) is 18.6. The number of benzene rings is 2. The van der Waals surface area contributed by atoms with E-state index in [2.05, 4.69) is 34.6 Å². The van der Waals surface area contributed by atoms with Crippen molar-refractivity contribution in [1.82, 2.24) is 24.8 Å². The molecule has 5 rings (SSSR count). The van der Waals surface area contributed by atoms with Gasteiger partial charge in [-0.25, -0.2) is 4.68 Å². The zero-order valence-corrected chi connectivity index (χ0v) is 17.4. The standard InChI is InChI=1S/C24H25N5O2/c30-23-7-4-12-27(23)14-21-15-29(26-25-21)22-16-28(17-22)24(31)13-18-8-10-20(11-9-18)19-5-2-1-3-6-19/h1-3,5-6,8-11,15,22H,4,7,12-14,16-17H2. The number of carbonyl (C=O) groups excluding carboxylic acids is 2. The van der Waals surface area contributed by atoms with E-state index in [0.717, 1.165) is 29.8 Å². The highest BCUT2D eigenvalue weighted by Crippen LogP contribution is 2.23. The van der Waals surface area contributed by atoms with Gasteiger partial charge in [-0.3, -0.25) is 9.59 Å². The molecule has 7 nitrogen and oxygen atoms in total. The first-order valence-corrected chi connectivity index (χ1v) is 10.8. The van der Waals surface area contributed by atoms with Gasteiger partial charge in [-0.1, -0.05) is 59.8 Å². The Kier molecular flexibility index (Phi) is 5.24. The molecule has 0 atom stereocenters. The average molecular weight is 415 g/mol. The van der Waals surface area contributed by atoms with E-state index in [4.69, 9.17) is 0 Å². The van der Waals surface area contributed by atoms with E-state index < -0.39 is 0 Å². The number of carbonyl (C=O) groups is 2. The Balaban J connectivity index is 1.12. The molecule has 2 aliphatic rings. The molecule has 2 aliphatic heterocycles. The summed E-state index contributed by atoms with van der Waals surface area (Å²) >= 11 is 0. The molecule has 3 aromatic rings. The smallest absolute Gasteiger partial charge is 0.227 e. The predicted molar refractivity (Wildman–Crippen MR) is 116 cm³/mol. The van der Waals surface area contributed by atoms with Crippen LogP contribution in [0.5, 0.6) is 0 Å². The van der Waals surface area contributed by atoms with Gasteiger partial charge < -0.3 is 9.80 Å². The Labute approximate surface area is 181 Å². The second-order valence-corrected chi connectivity index (χ2v) is 8.30. The number of aromatic nitrogens is 3. The van der Waals surface area contributed by atoms with Crippen molar-refractivity contribution < 1.29 is 9.59 Å². The van der Waals surface area contributed by atoms with Gasteiger partial charge in [0.05, 0.1) is 25.2 Å². The number of hydrogen-bond acceptors (Lipinski definition) is 4. The van der Waals surface area contributed by atoms with E-state index in [9.17, 15) is 9.59 Å². The molecule has 0 spiro atoms. The third kappa shape index (κ3) is 4.21. The van der Waals surface area contributed by atoms with Gasteiger partial charge in [-0.15, -0.1) is 5.10 Å². The first kappa shape index (κ1) is 19.5. The summed E-state index contributed by atoms with van der Waals surface area (Å²) in [4.78, 5) is 28.1. The number of rotatable bonds is 6. The largest absolute Gasteiger partial charge is 0.338 e. The summed E-state index contributed by atoms with van der Waals surface area (Å²) < 4.78 is 1.83. The van der Waals surface area contributed by atoms with E-state index in [1.165, 1.54) is 5.56 Å². The summed E-state index contributed by atoms with van der Waals surface area (Å²) in [5.74, 6) is 0.318. The van der Waals surface area contributed by atoms with Crippen molar-refractivity contribution in [2.45, 2.75) is 31.8 Å². The van der Waals surface area contributed by atoms with Crippen LogP contribution in [0.15, 0.2) is 60.8 Å². The van der Waals surface area contributed by atoms with Crippen LogP contribution < -0.4 is 0 Å². The second kappa shape index (κ2) is 8.34. The lowest BCUT2D eigenvalue weighted by molar-refractivity contribution is -0.136. The normalized spacial score (nSPS) is 16.6. The maximum absolute atomic E-state index is 12.6. The first-order chi connectivity index (χ1) is 15.2. The van der Waals surface area contributed by atoms with Crippen molar-refractivity contribution in [2.75, 3.05) is 19.6 Å². The highest BCUT2D eigenvalue weighted by Gasteiger charge is 2.33. The Morgan fingerprint density at radius 2 is 1.74 bits per heavy atom. The lowest BCUT2D eigenvalue weighted by atomic mass is 10.0. The lowest BCUT2D eigenvalue weighted by Crippen LogP contribution is -2.51. The molecular formula is C24H25N5O2. The van der Waals surface area contributed by atoms with Gasteiger partial charge in [0, 0.05) is 26.1 Å². The molecule has 2 amide bonds. The quantitative estimate of drug-likeness (QED) is 0.621. The third-order valence-corrected chi connectivity index (χ3v) is 6.09. The van der Waals surface area contributed by atoms with Crippen molar-refractivity contribution in [3.05, 3.63) is 72.1 Å². The molecule has 1 aromatic heterocycles. The molecule has 2 aromatic carbocycles. The van der Waals surface area contributed by atoms with Crippen LogP contribution in [0.25, 0.3) is 11.1 Å². The van der Waals surface area contributed by atoms with Crippen LogP contribution in [0.2, 0.25) is 0 Å². The molecule has 0 radical (unpaired) electrons. The molecule has 31 heavy (non-hydrogen) atoms. The number of nitrogens with zero attached hydrogens (tertiary/aromatic N) is 5. The summed E-state index contributed by atoms with van der Waals surface area (Å²) in [6.45, 7) is 2.61. The Hall–Kier alpha value is -3.48. The fourth-order valence-corrected chi connectivity index (χ4v) is 4.19. The molecule has 7 heteroatoms. The van der Waals surface area contributed by atoms with E-state index >= 15 is 0 Å². The van der Waals surface area contributed by atoms with Gasteiger partial charge >= 0.3 is 0 Å². The van der Waals surface area contributed by atoms with Gasteiger partial charge in [0.15, 0.2) is 0 Å². The third-order valence-electron chi connectivity index (χ3n) is 6.09. The van der Waals surface area contributed by atoms with Gasteiger partial charge in [-0.05, 0) is 23.1 Å². The number of amides is 2. The SMILES string of the molecule is O=C1CCCN1Cc1cn(C2CN(C(=O)Cc3ccc(-c4ccccc4)cc3)C2)nn1. The summed E-state index contributed by atoms with van der Waals surface area (Å²) in [7, 11) is 0. The fraction of sp³-hybridized carbons (Fsp3) is 0.333. The second-order valence-electron chi connectivity index (χ2n) is 8.30. The van der Waals surface area contributed by atoms with Crippen molar-refractivity contribution in [1.29, 1.82) is 0 Å². The summed E-state index contributed by atoms with van der Waals surface area (Å²) in [5.41, 5.74) is 4.15. The van der Waals surface area contributed by atoms with Crippen LogP contribution in [0.3, 0.4) is 0 Å². The molecule has 0 N–H and O–H groups in total. The van der Waals surface area contributed by atoms with Crippen molar-refractivity contribution >= 4 is 11.8 Å². The van der Waals surface area contributed by atoms with Gasteiger partial charge in [0.1, 0.15) is 5.69 Å². The molecule has 0 aliphatic carbocycles. The lowest BCUT2D eigenvalue weighted by Gasteiger charge is -2.39. The van der Waals surface area contributed by atoms with Crippen LogP contribution in [-0.4, -0.2) is 56.2 Å². The highest BCUT2D eigenvalue weighted by atomic mass is 16.2. The number of likely N-dealkylation sites (tertiary alicyclic amines) is 2. The topological polar surface area (TPSA) is 71.3 Å². The minimum atomic E-state index is 0.131. The van der Waals surface area contributed by atoms with E-state index in [1.807, 2.05) is 51.0 Å². The minimum absolute atomic E-state index is 0.131. The summed E-state index contributed by atoms with van der Waals surface area (Å²) in [6.07, 6.45) is 3.85. The Morgan fingerprint density at radius 1 is 1.00 bits per heavy atom. The summed E-state index contributed by atoms with van der Waals surface area (Å²) in [5, 5.41) is 8.42. The molecule has 0 bridgehead atoms. The molecule has 0 unspecified atom stereocenters. The maximum Gasteiger partial charge on any atom is 0.227 e. The minimum Gasteiger partial charge on any atom is -0.338 e. The maximum atomic E-state index is 12.6. The monoisotopic (exact) mass is 415 g/mol. The van der Waals surface area contributed by atoms with Crippen molar-refractivity contribution in [3.8, 4) is 11.1 Å². The molecule has 2 saturated heterocycles. The van der Waals surface area contributed by atoms with Gasteiger partial charge in [0.2, 0.25) is 11.8 Å². The Bertz CT molecular complexity index is 1070. The molecule has 3 heterocycles. The number of hydrogen-bond donors (Lipinski definition) is 0. The van der Waals surface area contributed by atoms with Crippen LogP contribution in [0.4, 0.5) is 0 Å². The molecule has 2 fully saturated rings. The van der Waals surface area contributed by atoms with Gasteiger partial charge in [0.25, 0.3) is 0 Å². The zero-order valence-electron chi connectivity index (χ0n) is 17.4.